The molecule has 116 valence electrons. The van der Waals surface area contributed by atoms with Crippen molar-refractivity contribution in [2.75, 3.05) is 13.6 Å². The van der Waals surface area contributed by atoms with Gasteiger partial charge in [-0.2, -0.15) is 0 Å². The van der Waals surface area contributed by atoms with Gasteiger partial charge in [-0.15, -0.1) is 0 Å². The second-order valence-corrected chi connectivity index (χ2v) is 7.23. The molecule has 1 aromatic carbocycles. The zero-order chi connectivity index (χ0) is 15.1. The quantitative estimate of drug-likeness (QED) is 0.759. The summed E-state index contributed by atoms with van der Waals surface area (Å²) in [6, 6.07) is 4.62. The smallest absolute Gasteiger partial charge is 0.138 e. The predicted octanol–water partition coefficient (Wildman–Crippen LogP) is 0.985. The van der Waals surface area contributed by atoms with Gasteiger partial charge in [-0.25, -0.2) is 0 Å². The van der Waals surface area contributed by atoms with E-state index < -0.39 is 6.10 Å². The Morgan fingerprint density at radius 1 is 1.36 bits per heavy atom. The topological polar surface area (TPSA) is 52.9 Å². The fraction of sp³-hybridized carbons (Fsp3) is 0.556. The zero-order valence-electron chi connectivity index (χ0n) is 12.7. The Bertz CT molecular complexity index is 685. The van der Waals surface area contributed by atoms with Gasteiger partial charge in [0.2, 0.25) is 0 Å². The van der Waals surface area contributed by atoms with E-state index in [2.05, 4.69) is 24.1 Å². The van der Waals surface area contributed by atoms with Crippen LogP contribution in [0.3, 0.4) is 0 Å². The van der Waals surface area contributed by atoms with E-state index >= 15 is 0 Å². The molecule has 4 aliphatic rings. The van der Waals surface area contributed by atoms with Gasteiger partial charge in [-0.05, 0) is 32.0 Å². The fourth-order valence-electron chi connectivity index (χ4n) is 5.43. The van der Waals surface area contributed by atoms with Gasteiger partial charge in [0.15, 0.2) is 0 Å². The van der Waals surface area contributed by atoms with Gasteiger partial charge in [0.05, 0.1) is 6.61 Å². The summed E-state index contributed by atoms with van der Waals surface area (Å²) in [7, 11) is 2.20. The molecule has 1 fully saturated rings. The minimum Gasteiger partial charge on any atom is -0.486 e. The first-order chi connectivity index (χ1) is 10.7. The number of hydrogen-bond acceptors (Lipinski definition) is 4. The van der Waals surface area contributed by atoms with E-state index in [1.54, 1.807) is 0 Å². The van der Waals surface area contributed by atoms with Crippen LogP contribution in [0.4, 0.5) is 0 Å². The largest absolute Gasteiger partial charge is 0.486 e. The molecule has 1 saturated heterocycles. The summed E-state index contributed by atoms with van der Waals surface area (Å²) in [5.41, 5.74) is 3.36. The molecular weight excluding hydrogens is 278 g/mol. The highest BCUT2D eigenvalue weighted by Gasteiger charge is 2.63. The number of likely N-dealkylation sites (tertiary alicyclic amines) is 1. The maximum absolute atomic E-state index is 10.5. The third-order valence-corrected chi connectivity index (χ3v) is 6.42. The van der Waals surface area contributed by atoms with E-state index in [1.165, 1.54) is 11.1 Å². The number of aliphatic hydroxyl groups is 2. The van der Waals surface area contributed by atoms with Crippen LogP contribution in [0, 0.1) is 5.92 Å². The second-order valence-electron chi connectivity index (χ2n) is 7.23. The van der Waals surface area contributed by atoms with Crippen molar-refractivity contribution in [1.29, 1.82) is 0 Å². The molecule has 1 spiro atoms. The summed E-state index contributed by atoms with van der Waals surface area (Å²) >= 11 is 0. The lowest BCUT2D eigenvalue weighted by Gasteiger charge is -2.56. The number of likely N-dealkylation sites (N-methyl/N-ethyl adjacent to an activating group) is 1. The van der Waals surface area contributed by atoms with E-state index in [4.69, 9.17) is 4.74 Å². The minimum atomic E-state index is -0.565. The molecule has 22 heavy (non-hydrogen) atoms. The maximum atomic E-state index is 10.5. The highest BCUT2D eigenvalue weighted by molar-refractivity contribution is 5.59. The van der Waals surface area contributed by atoms with E-state index in [-0.39, 0.29) is 18.1 Å². The van der Waals surface area contributed by atoms with Crippen LogP contribution in [0.25, 0.3) is 0 Å². The van der Waals surface area contributed by atoms with Gasteiger partial charge in [0.1, 0.15) is 18.0 Å². The Kier molecular flexibility index (Phi) is 2.46. The van der Waals surface area contributed by atoms with Crippen molar-refractivity contribution in [3.05, 3.63) is 41.0 Å². The Morgan fingerprint density at radius 2 is 2.23 bits per heavy atom. The van der Waals surface area contributed by atoms with Crippen molar-refractivity contribution in [1.82, 2.24) is 4.90 Å². The van der Waals surface area contributed by atoms with Crippen molar-refractivity contribution < 1.29 is 14.9 Å². The molecule has 2 N–H and O–H groups in total. The average Bonchev–Trinajstić information content (AvgIpc) is 2.88. The lowest BCUT2D eigenvalue weighted by molar-refractivity contribution is -0.0453. The Labute approximate surface area is 130 Å². The predicted molar refractivity (Wildman–Crippen MR) is 81.8 cm³/mol. The molecule has 0 amide bonds. The van der Waals surface area contributed by atoms with Crippen LogP contribution < -0.4 is 4.74 Å². The van der Waals surface area contributed by atoms with Crippen molar-refractivity contribution in [2.24, 2.45) is 5.92 Å². The molecule has 2 aliphatic carbocycles. The number of aliphatic hydroxyl groups excluding tert-OH is 2. The van der Waals surface area contributed by atoms with Crippen LogP contribution in [-0.2, 0) is 18.4 Å². The molecule has 4 nitrogen and oxygen atoms in total. The van der Waals surface area contributed by atoms with Crippen molar-refractivity contribution in [2.45, 2.75) is 43.1 Å². The summed E-state index contributed by atoms with van der Waals surface area (Å²) in [4.78, 5) is 2.45. The Morgan fingerprint density at radius 3 is 3.05 bits per heavy atom. The maximum Gasteiger partial charge on any atom is 0.138 e. The van der Waals surface area contributed by atoms with Crippen molar-refractivity contribution >= 4 is 0 Å². The SMILES string of the molecule is CN1CC[C@]23c4c5ccc(CO)c4O[C@H]2[C@@H](O)C=C[C@H]3C1C5. The van der Waals surface area contributed by atoms with Crippen LogP contribution in [0.2, 0.25) is 0 Å². The van der Waals surface area contributed by atoms with Crippen LogP contribution >= 0.6 is 0 Å². The first-order valence-electron chi connectivity index (χ1n) is 8.16. The number of benzene rings is 1. The van der Waals surface area contributed by atoms with Gasteiger partial charge in [-0.3, -0.25) is 0 Å². The lowest BCUT2D eigenvalue weighted by Crippen LogP contribution is -2.64. The summed E-state index contributed by atoms with van der Waals surface area (Å²) in [6.07, 6.45) is 5.38. The average molecular weight is 299 g/mol. The molecule has 4 heteroatoms. The summed E-state index contributed by atoms with van der Waals surface area (Å²) in [5, 5.41) is 20.2. The highest BCUT2D eigenvalue weighted by Crippen LogP contribution is 2.61. The summed E-state index contributed by atoms with van der Waals surface area (Å²) < 4.78 is 6.27. The summed E-state index contributed by atoms with van der Waals surface area (Å²) in [6.45, 7) is 1.02. The van der Waals surface area contributed by atoms with Crippen LogP contribution in [-0.4, -0.2) is 47.0 Å². The molecule has 1 unspecified atom stereocenters. The molecule has 0 radical (unpaired) electrons. The third-order valence-electron chi connectivity index (χ3n) is 6.42. The fourth-order valence-corrected chi connectivity index (χ4v) is 5.43. The number of rotatable bonds is 1. The number of ether oxygens (including phenoxy) is 1. The van der Waals surface area contributed by atoms with Crippen molar-refractivity contribution in [3.8, 4) is 5.75 Å². The Balaban J connectivity index is 1.82. The van der Waals surface area contributed by atoms with Crippen LogP contribution in [0.5, 0.6) is 5.75 Å². The van der Waals surface area contributed by atoms with Gasteiger partial charge in [0.25, 0.3) is 0 Å². The molecular formula is C18H21NO3. The monoisotopic (exact) mass is 299 g/mol. The van der Waals surface area contributed by atoms with E-state index in [0.717, 1.165) is 30.7 Å². The number of hydrogen-bond donors (Lipinski definition) is 2. The molecule has 1 aromatic rings. The van der Waals surface area contributed by atoms with Crippen LogP contribution in [0.1, 0.15) is 23.1 Å². The van der Waals surface area contributed by atoms with E-state index in [1.807, 2.05) is 12.1 Å². The molecule has 0 aromatic heterocycles. The van der Waals surface area contributed by atoms with Gasteiger partial charge >= 0.3 is 0 Å². The van der Waals surface area contributed by atoms with Gasteiger partial charge in [0, 0.05) is 28.5 Å². The zero-order valence-corrected chi connectivity index (χ0v) is 12.7. The second kappa shape index (κ2) is 4.13. The normalized spacial score (nSPS) is 41.2. The third kappa shape index (κ3) is 1.31. The standard InChI is InChI=1S/C18H21NO3/c1-19-7-6-18-12-4-5-14(21)17(18)22-16-11(9-20)3-2-10(15(16)18)8-13(12)19/h2-5,12-14,17,20-21H,6-9H2,1H3/t12-,13?,14-,17-,18-/m0/s1. The molecule has 2 bridgehead atoms. The molecule has 2 heterocycles. The van der Waals surface area contributed by atoms with Crippen LogP contribution in [0.15, 0.2) is 24.3 Å². The Hall–Kier alpha value is -1.36. The molecule has 5 rings (SSSR count). The highest BCUT2D eigenvalue weighted by atomic mass is 16.5. The molecule has 0 saturated carbocycles. The van der Waals surface area contributed by atoms with Gasteiger partial charge in [-0.1, -0.05) is 24.3 Å². The van der Waals surface area contributed by atoms with E-state index in [0.29, 0.717) is 12.0 Å². The van der Waals surface area contributed by atoms with Gasteiger partial charge < -0.3 is 19.8 Å². The first kappa shape index (κ1) is 13.1. The molecule has 2 aliphatic heterocycles. The van der Waals surface area contributed by atoms with Crippen molar-refractivity contribution in [3.63, 3.8) is 0 Å². The lowest BCUT2D eigenvalue weighted by atomic mass is 9.53. The number of nitrogens with zero attached hydrogens (tertiary/aromatic N) is 1. The molecule has 5 atom stereocenters. The first-order valence-corrected chi connectivity index (χ1v) is 8.16. The summed E-state index contributed by atoms with van der Waals surface area (Å²) in [5.74, 6) is 1.24. The number of piperidine rings is 1. The van der Waals surface area contributed by atoms with E-state index in [9.17, 15) is 10.2 Å². The minimum absolute atomic E-state index is 0.0110.